The van der Waals surface area contributed by atoms with Crippen LogP contribution < -0.4 is 0 Å². The molecule has 0 heterocycles. The lowest BCUT2D eigenvalue weighted by Crippen LogP contribution is -2.15. The molecule has 0 radical (unpaired) electrons. The van der Waals surface area contributed by atoms with E-state index in [9.17, 15) is 4.79 Å². The highest BCUT2D eigenvalue weighted by atomic mass is 16.6. The standard InChI is InChI=1S/C32H64O12/c1-3-4-5-6-7-8-9-10-11-34-12-13-35-14-15-36-16-17-37-18-19-38-20-21-39-22-23-40-24-25-41-26-27-42-28-29-43-30-31-44-32(2)33/h3-31H2,1-2H3. The van der Waals surface area contributed by atoms with Crippen molar-refractivity contribution in [2.75, 3.05) is 139 Å². The SMILES string of the molecule is CCCCCCCCCCOCCOCCOCCOCCOCCOCCOCCOCCOCCOCCOC(C)=O. The van der Waals surface area contributed by atoms with Crippen molar-refractivity contribution in [1.82, 2.24) is 0 Å². The van der Waals surface area contributed by atoms with Crippen molar-refractivity contribution in [3.05, 3.63) is 0 Å². The Bertz CT molecular complexity index is 541. The van der Waals surface area contributed by atoms with E-state index in [2.05, 4.69) is 6.92 Å². The quantitative estimate of drug-likeness (QED) is 0.0717. The molecule has 0 aliphatic heterocycles. The summed E-state index contributed by atoms with van der Waals surface area (Å²) in [7, 11) is 0. The molecule has 0 fully saturated rings. The van der Waals surface area contributed by atoms with Crippen LogP contribution in [0.5, 0.6) is 0 Å². The smallest absolute Gasteiger partial charge is 0.302 e. The highest BCUT2D eigenvalue weighted by molar-refractivity contribution is 5.65. The topological polar surface area (TPSA) is 119 Å². The molecular formula is C32H64O12. The highest BCUT2D eigenvalue weighted by Crippen LogP contribution is 2.08. The van der Waals surface area contributed by atoms with Crippen LogP contribution in [0.1, 0.15) is 65.2 Å². The van der Waals surface area contributed by atoms with Crippen molar-refractivity contribution in [2.45, 2.75) is 65.2 Å². The first-order valence-corrected chi connectivity index (χ1v) is 16.7. The second-order valence-electron chi connectivity index (χ2n) is 9.94. The van der Waals surface area contributed by atoms with E-state index in [1.807, 2.05) is 0 Å². The summed E-state index contributed by atoms with van der Waals surface area (Å²) >= 11 is 0. The number of carbonyl (C=O) groups excluding carboxylic acids is 1. The van der Waals surface area contributed by atoms with Gasteiger partial charge in [-0.2, -0.15) is 0 Å². The predicted molar refractivity (Wildman–Crippen MR) is 167 cm³/mol. The Morgan fingerprint density at radius 3 is 0.818 bits per heavy atom. The maximum atomic E-state index is 10.6. The molecule has 0 aliphatic carbocycles. The van der Waals surface area contributed by atoms with Gasteiger partial charge in [-0.05, 0) is 6.42 Å². The molecule has 12 heteroatoms. The van der Waals surface area contributed by atoms with Gasteiger partial charge in [-0.3, -0.25) is 4.79 Å². The van der Waals surface area contributed by atoms with Crippen molar-refractivity contribution in [1.29, 1.82) is 0 Å². The lowest BCUT2D eigenvalue weighted by molar-refractivity contribution is -0.142. The third-order valence-electron chi connectivity index (χ3n) is 6.02. The molecule has 0 aromatic carbocycles. The van der Waals surface area contributed by atoms with Crippen LogP contribution in [-0.4, -0.2) is 145 Å². The molecule has 264 valence electrons. The molecule has 12 nitrogen and oxygen atoms in total. The van der Waals surface area contributed by atoms with E-state index in [-0.39, 0.29) is 12.6 Å². The fourth-order valence-electron chi connectivity index (χ4n) is 3.66. The number of hydrogen-bond acceptors (Lipinski definition) is 12. The van der Waals surface area contributed by atoms with Crippen LogP contribution in [0.25, 0.3) is 0 Å². The zero-order valence-electron chi connectivity index (χ0n) is 27.9. The largest absolute Gasteiger partial charge is 0.463 e. The van der Waals surface area contributed by atoms with Gasteiger partial charge in [0.2, 0.25) is 0 Å². The number of ether oxygens (including phenoxy) is 11. The van der Waals surface area contributed by atoms with Gasteiger partial charge < -0.3 is 52.1 Å². The molecule has 0 atom stereocenters. The molecule has 0 saturated heterocycles. The predicted octanol–water partition coefficient (Wildman–Crippen LogP) is 3.86. The van der Waals surface area contributed by atoms with Gasteiger partial charge in [0.15, 0.2) is 0 Å². The lowest BCUT2D eigenvalue weighted by atomic mass is 10.1. The van der Waals surface area contributed by atoms with Gasteiger partial charge >= 0.3 is 5.97 Å². The molecule has 0 N–H and O–H groups in total. The van der Waals surface area contributed by atoms with Crippen molar-refractivity contribution < 1.29 is 56.9 Å². The van der Waals surface area contributed by atoms with Gasteiger partial charge in [-0.15, -0.1) is 0 Å². The minimum absolute atomic E-state index is 0.262. The Hall–Kier alpha value is -0.930. The second kappa shape index (κ2) is 40.1. The minimum Gasteiger partial charge on any atom is -0.463 e. The van der Waals surface area contributed by atoms with Gasteiger partial charge in [0.25, 0.3) is 0 Å². The molecule has 0 rings (SSSR count). The monoisotopic (exact) mass is 640 g/mol. The number of unbranched alkanes of at least 4 members (excludes halogenated alkanes) is 7. The first kappa shape index (κ1) is 43.1. The van der Waals surface area contributed by atoms with Gasteiger partial charge in [0, 0.05) is 13.5 Å². The fourth-order valence-corrected chi connectivity index (χ4v) is 3.66. The zero-order chi connectivity index (χ0) is 31.9. The summed E-state index contributed by atoms with van der Waals surface area (Å²) in [6.07, 6.45) is 10.5. The van der Waals surface area contributed by atoms with Crippen LogP contribution in [0.2, 0.25) is 0 Å². The van der Waals surface area contributed by atoms with E-state index < -0.39 is 0 Å². The third-order valence-corrected chi connectivity index (χ3v) is 6.02. The van der Waals surface area contributed by atoms with Crippen molar-refractivity contribution in [3.63, 3.8) is 0 Å². The summed E-state index contributed by atoms with van der Waals surface area (Å²) < 4.78 is 59.4. The maximum Gasteiger partial charge on any atom is 0.302 e. The molecule has 0 bridgehead atoms. The Kier molecular flexibility index (Phi) is 39.2. The van der Waals surface area contributed by atoms with E-state index >= 15 is 0 Å². The van der Waals surface area contributed by atoms with E-state index in [1.165, 1.54) is 51.9 Å². The lowest BCUT2D eigenvalue weighted by Gasteiger charge is -2.09. The first-order valence-electron chi connectivity index (χ1n) is 16.7. The Morgan fingerprint density at radius 2 is 0.545 bits per heavy atom. The van der Waals surface area contributed by atoms with Crippen molar-refractivity contribution in [3.8, 4) is 0 Å². The highest BCUT2D eigenvalue weighted by Gasteiger charge is 1.97. The number of carbonyl (C=O) groups is 1. The van der Waals surface area contributed by atoms with Gasteiger partial charge in [-0.1, -0.05) is 51.9 Å². The molecule has 0 spiro atoms. The summed E-state index contributed by atoms with van der Waals surface area (Å²) in [6, 6.07) is 0. The van der Waals surface area contributed by atoms with Crippen LogP contribution in [0.4, 0.5) is 0 Å². The van der Waals surface area contributed by atoms with Gasteiger partial charge in [0.1, 0.15) is 6.61 Å². The van der Waals surface area contributed by atoms with E-state index in [4.69, 9.17) is 52.1 Å². The van der Waals surface area contributed by atoms with Gasteiger partial charge in [0.05, 0.1) is 126 Å². The summed E-state index contributed by atoms with van der Waals surface area (Å²) in [4.78, 5) is 10.6. The number of hydrogen-bond donors (Lipinski definition) is 0. The average Bonchev–Trinajstić information content (AvgIpc) is 3.02. The van der Waals surface area contributed by atoms with Crippen LogP contribution in [0, 0.1) is 0 Å². The van der Waals surface area contributed by atoms with Crippen LogP contribution >= 0.6 is 0 Å². The molecule has 0 amide bonds. The molecule has 44 heavy (non-hydrogen) atoms. The van der Waals surface area contributed by atoms with Crippen molar-refractivity contribution in [2.24, 2.45) is 0 Å². The van der Waals surface area contributed by atoms with Crippen LogP contribution in [0.15, 0.2) is 0 Å². The summed E-state index contributed by atoms with van der Waals surface area (Å²) in [6.45, 7) is 14.5. The van der Waals surface area contributed by atoms with E-state index in [1.54, 1.807) is 0 Å². The normalized spacial score (nSPS) is 11.4. The number of esters is 1. The molecule has 0 saturated carbocycles. The zero-order valence-corrected chi connectivity index (χ0v) is 27.9. The third kappa shape index (κ3) is 41.1. The average molecular weight is 641 g/mol. The van der Waals surface area contributed by atoms with E-state index in [0.717, 1.165) is 13.0 Å². The number of rotatable bonds is 39. The van der Waals surface area contributed by atoms with E-state index in [0.29, 0.717) is 126 Å². The summed E-state index contributed by atoms with van der Waals surface area (Å²) in [5, 5.41) is 0. The Labute approximate surface area is 266 Å². The summed E-state index contributed by atoms with van der Waals surface area (Å²) in [5.74, 6) is -0.308. The molecule has 0 aromatic rings. The maximum absolute atomic E-state index is 10.6. The van der Waals surface area contributed by atoms with Crippen LogP contribution in [0.3, 0.4) is 0 Å². The Balaban J connectivity index is 3.04. The molecular weight excluding hydrogens is 576 g/mol. The fraction of sp³-hybridized carbons (Fsp3) is 0.969. The summed E-state index contributed by atoms with van der Waals surface area (Å²) in [5.41, 5.74) is 0. The second-order valence-corrected chi connectivity index (χ2v) is 9.94. The van der Waals surface area contributed by atoms with Crippen LogP contribution in [-0.2, 0) is 56.9 Å². The molecule has 0 aliphatic rings. The molecule has 0 unspecified atom stereocenters. The van der Waals surface area contributed by atoms with Gasteiger partial charge in [-0.25, -0.2) is 0 Å². The minimum atomic E-state index is -0.308. The molecule has 0 aromatic heterocycles. The Morgan fingerprint density at radius 1 is 0.318 bits per heavy atom. The first-order chi connectivity index (χ1) is 21.8. The van der Waals surface area contributed by atoms with Crippen molar-refractivity contribution >= 4 is 5.97 Å².